The third-order valence-corrected chi connectivity index (χ3v) is 7.24. The Bertz CT molecular complexity index is 1140. The summed E-state index contributed by atoms with van der Waals surface area (Å²) in [4.78, 5) is 18.0. The normalized spacial score (nSPS) is 16.7. The molecule has 1 atom stereocenters. The van der Waals surface area contributed by atoms with Crippen LogP contribution in [-0.4, -0.2) is 30.4 Å². The van der Waals surface area contributed by atoms with Crippen LogP contribution < -0.4 is 4.90 Å². The average Bonchev–Trinajstić information content (AvgIpc) is 2.79. The number of piperazine rings is 1. The van der Waals surface area contributed by atoms with Crippen molar-refractivity contribution in [1.82, 2.24) is 4.90 Å². The highest BCUT2D eigenvalue weighted by molar-refractivity contribution is 6.33. The van der Waals surface area contributed by atoms with E-state index in [0.717, 1.165) is 27.4 Å². The average molecular weight is 502 g/mol. The zero-order chi connectivity index (χ0) is 23.8. The molecule has 1 heterocycles. The monoisotopic (exact) mass is 500 g/mol. The van der Waals surface area contributed by atoms with Crippen molar-refractivity contribution in [3.63, 3.8) is 0 Å². The van der Waals surface area contributed by atoms with Crippen LogP contribution in [-0.2, 0) is 10.2 Å². The first-order chi connectivity index (χ1) is 15.7. The fraction of sp³-hybridized carbons (Fsp3) is 0.296. The minimum Gasteiger partial charge on any atom is -0.360 e. The number of benzene rings is 3. The predicted molar refractivity (Wildman–Crippen MR) is 139 cm³/mol. The quantitative estimate of drug-likeness (QED) is 0.374. The van der Waals surface area contributed by atoms with Gasteiger partial charge in [-0.05, 0) is 73.9 Å². The SMILES string of the molecule is Cc1ccc(N2CCN(C(=O)C(C)(C)c3ccc(Cl)cc3)CC2c2ccc(Cl)cc2)c(Cl)c1. The van der Waals surface area contributed by atoms with Crippen LogP contribution in [0.1, 0.15) is 36.6 Å². The maximum absolute atomic E-state index is 13.7. The fourth-order valence-electron chi connectivity index (χ4n) is 4.46. The summed E-state index contributed by atoms with van der Waals surface area (Å²) in [7, 11) is 0. The third kappa shape index (κ3) is 5.01. The van der Waals surface area contributed by atoms with Crippen molar-refractivity contribution in [1.29, 1.82) is 0 Å². The van der Waals surface area contributed by atoms with E-state index in [9.17, 15) is 4.79 Å². The molecule has 0 aromatic heterocycles. The van der Waals surface area contributed by atoms with Crippen molar-refractivity contribution < 1.29 is 4.79 Å². The van der Waals surface area contributed by atoms with Gasteiger partial charge in [0.2, 0.25) is 5.91 Å². The van der Waals surface area contributed by atoms with Crippen LogP contribution in [0.25, 0.3) is 0 Å². The molecule has 3 aromatic rings. The van der Waals surface area contributed by atoms with Crippen LogP contribution >= 0.6 is 34.8 Å². The summed E-state index contributed by atoms with van der Waals surface area (Å²) in [6.45, 7) is 7.82. The number of aryl methyl sites for hydroxylation is 1. The molecule has 3 aromatic carbocycles. The molecule has 1 aliphatic heterocycles. The van der Waals surface area contributed by atoms with Gasteiger partial charge in [0, 0.05) is 29.7 Å². The van der Waals surface area contributed by atoms with E-state index in [1.54, 1.807) is 0 Å². The Kier molecular flexibility index (Phi) is 6.95. The number of hydrogen-bond acceptors (Lipinski definition) is 2. The van der Waals surface area contributed by atoms with Gasteiger partial charge in [0.25, 0.3) is 0 Å². The lowest BCUT2D eigenvalue weighted by atomic mass is 9.82. The lowest BCUT2D eigenvalue weighted by Gasteiger charge is -2.45. The van der Waals surface area contributed by atoms with Gasteiger partial charge >= 0.3 is 0 Å². The molecule has 1 amide bonds. The number of halogens is 3. The first-order valence-corrected chi connectivity index (χ1v) is 12.1. The summed E-state index contributed by atoms with van der Waals surface area (Å²) in [5, 5.41) is 2.06. The molecule has 172 valence electrons. The van der Waals surface area contributed by atoms with Crippen molar-refractivity contribution in [2.75, 3.05) is 24.5 Å². The molecule has 33 heavy (non-hydrogen) atoms. The van der Waals surface area contributed by atoms with Crippen molar-refractivity contribution >= 4 is 46.4 Å². The summed E-state index contributed by atoms with van der Waals surface area (Å²) in [5.41, 5.74) is 3.47. The summed E-state index contributed by atoms with van der Waals surface area (Å²) < 4.78 is 0. The second kappa shape index (κ2) is 9.58. The van der Waals surface area contributed by atoms with Gasteiger partial charge in [0.05, 0.1) is 22.2 Å². The summed E-state index contributed by atoms with van der Waals surface area (Å²) in [5.74, 6) is 0.0958. The first-order valence-electron chi connectivity index (χ1n) is 11.0. The minimum absolute atomic E-state index is 0.0406. The van der Waals surface area contributed by atoms with E-state index >= 15 is 0 Å². The number of hydrogen-bond donors (Lipinski definition) is 0. The molecule has 0 radical (unpaired) electrons. The molecular weight excluding hydrogens is 475 g/mol. The molecule has 1 saturated heterocycles. The predicted octanol–water partition coefficient (Wildman–Crippen LogP) is 7.32. The zero-order valence-corrected chi connectivity index (χ0v) is 21.3. The summed E-state index contributed by atoms with van der Waals surface area (Å²) in [6, 6.07) is 21.4. The Balaban J connectivity index is 1.66. The van der Waals surface area contributed by atoms with E-state index in [4.69, 9.17) is 34.8 Å². The van der Waals surface area contributed by atoms with Crippen molar-refractivity contribution in [3.05, 3.63) is 98.5 Å². The summed E-state index contributed by atoms with van der Waals surface area (Å²) in [6.07, 6.45) is 0. The molecule has 1 unspecified atom stereocenters. The van der Waals surface area contributed by atoms with Crippen molar-refractivity contribution in [3.8, 4) is 0 Å². The molecule has 0 N–H and O–H groups in total. The third-order valence-electron chi connectivity index (χ3n) is 6.44. The number of amides is 1. The van der Waals surface area contributed by atoms with Crippen LogP contribution in [0.2, 0.25) is 15.1 Å². The maximum Gasteiger partial charge on any atom is 0.232 e. The molecule has 1 aliphatic rings. The van der Waals surface area contributed by atoms with Crippen LogP contribution in [0, 0.1) is 6.92 Å². The maximum atomic E-state index is 13.7. The Morgan fingerprint density at radius 2 is 1.48 bits per heavy atom. The highest BCUT2D eigenvalue weighted by atomic mass is 35.5. The summed E-state index contributed by atoms with van der Waals surface area (Å²) >= 11 is 18.9. The Morgan fingerprint density at radius 3 is 2.09 bits per heavy atom. The molecule has 6 heteroatoms. The Labute approximate surface area is 210 Å². The van der Waals surface area contributed by atoms with E-state index < -0.39 is 5.41 Å². The van der Waals surface area contributed by atoms with Gasteiger partial charge in [-0.3, -0.25) is 4.79 Å². The standard InChI is InChI=1S/C27H27Cl3N2O/c1-18-4-13-24(23(30)16-18)32-15-14-31(17-25(32)19-5-9-21(28)10-6-19)26(33)27(2,3)20-7-11-22(29)12-8-20/h4-13,16,25H,14-15,17H2,1-3H3. The van der Waals surface area contributed by atoms with Gasteiger partial charge in [0.15, 0.2) is 0 Å². The highest BCUT2D eigenvalue weighted by Crippen LogP contribution is 2.37. The fourth-order valence-corrected chi connectivity index (χ4v) is 5.05. The molecule has 0 aliphatic carbocycles. The highest BCUT2D eigenvalue weighted by Gasteiger charge is 2.38. The number of anilines is 1. The van der Waals surface area contributed by atoms with Gasteiger partial charge in [-0.15, -0.1) is 0 Å². The lowest BCUT2D eigenvalue weighted by Crippen LogP contribution is -2.54. The van der Waals surface area contributed by atoms with E-state index in [2.05, 4.69) is 17.0 Å². The number of nitrogens with zero attached hydrogens (tertiary/aromatic N) is 2. The number of carbonyl (C=O) groups excluding carboxylic acids is 1. The van der Waals surface area contributed by atoms with Gasteiger partial charge in [-0.25, -0.2) is 0 Å². The molecule has 0 saturated carbocycles. The number of carbonyl (C=O) groups is 1. The number of rotatable bonds is 4. The molecular formula is C27H27Cl3N2O. The van der Waals surface area contributed by atoms with Crippen LogP contribution in [0.15, 0.2) is 66.7 Å². The molecule has 3 nitrogen and oxygen atoms in total. The molecule has 0 spiro atoms. The van der Waals surface area contributed by atoms with Gasteiger partial charge in [0.1, 0.15) is 0 Å². The van der Waals surface area contributed by atoms with E-state index in [1.165, 1.54) is 0 Å². The topological polar surface area (TPSA) is 23.6 Å². The first kappa shape index (κ1) is 23.9. The Morgan fingerprint density at radius 1 is 0.879 bits per heavy atom. The minimum atomic E-state index is -0.668. The molecule has 1 fully saturated rings. The molecule has 0 bridgehead atoms. The molecule has 4 rings (SSSR count). The lowest BCUT2D eigenvalue weighted by molar-refractivity contribution is -0.137. The second-order valence-corrected chi connectivity index (χ2v) is 10.4. The van der Waals surface area contributed by atoms with E-state index in [1.807, 2.05) is 80.3 Å². The van der Waals surface area contributed by atoms with E-state index in [0.29, 0.717) is 29.7 Å². The Hall–Kier alpha value is -2.20. The van der Waals surface area contributed by atoms with Gasteiger partial charge < -0.3 is 9.80 Å². The van der Waals surface area contributed by atoms with Gasteiger partial charge in [-0.2, -0.15) is 0 Å². The smallest absolute Gasteiger partial charge is 0.232 e. The van der Waals surface area contributed by atoms with Gasteiger partial charge in [-0.1, -0.05) is 65.1 Å². The zero-order valence-electron chi connectivity index (χ0n) is 19.0. The van der Waals surface area contributed by atoms with Crippen LogP contribution in [0.3, 0.4) is 0 Å². The van der Waals surface area contributed by atoms with Crippen molar-refractivity contribution in [2.45, 2.75) is 32.2 Å². The van der Waals surface area contributed by atoms with Crippen molar-refractivity contribution in [2.24, 2.45) is 0 Å². The second-order valence-electron chi connectivity index (χ2n) is 9.10. The van der Waals surface area contributed by atoms with Crippen LogP contribution in [0.5, 0.6) is 0 Å². The van der Waals surface area contributed by atoms with Crippen LogP contribution in [0.4, 0.5) is 5.69 Å². The van der Waals surface area contributed by atoms with E-state index in [-0.39, 0.29) is 11.9 Å². The largest absolute Gasteiger partial charge is 0.360 e.